The molecule has 2 aromatic rings. The minimum absolute atomic E-state index is 0.00262. The lowest BCUT2D eigenvalue weighted by Gasteiger charge is -2.17. The van der Waals surface area contributed by atoms with Gasteiger partial charge >= 0.3 is 0 Å². The highest BCUT2D eigenvalue weighted by molar-refractivity contribution is 5.77. The zero-order valence-corrected chi connectivity index (χ0v) is 14.3. The lowest BCUT2D eigenvalue weighted by Crippen LogP contribution is -2.33. The maximum Gasteiger partial charge on any atom is 0.277 e. The number of amides is 1. The Morgan fingerprint density at radius 1 is 1.37 bits per heavy atom. The van der Waals surface area contributed by atoms with E-state index in [0.717, 1.165) is 0 Å². The Morgan fingerprint density at radius 3 is 2.89 bits per heavy atom. The number of phenols is 2. The van der Waals surface area contributed by atoms with E-state index in [4.69, 9.17) is 5.73 Å². The third kappa shape index (κ3) is 4.03. The fraction of sp³-hybridized carbons (Fsp3) is 0.312. The molecule has 144 valence electrons. The predicted octanol–water partition coefficient (Wildman–Crippen LogP) is -0.807. The van der Waals surface area contributed by atoms with Gasteiger partial charge < -0.3 is 36.6 Å². The van der Waals surface area contributed by atoms with Gasteiger partial charge in [0.2, 0.25) is 11.9 Å². The molecule has 1 amide bonds. The van der Waals surface area contributed by atoms with Crippen molar-refractivity contribution >= 4 is 23.4 Å². The number of aromatic hydroxyl groups is 2. The van der Waals surface area contributed by atoms with Crippen molar-refractivity contribution in [3.8, 4) is 11.5 Å². The molecule has 1 atom stereocenters. The second kappa shape index (κ2) is 7.41. The fourth-order valence-corrected chi connectivity index (χ4v) is 2.70. The van der Waals surface area contributed by atoms with Crippen LogP contribution in [0.5, 0.6) is 11.5 Å². The van der Waals surface area contributed by atoms with Gasteiger partial charge in [-0.25, -0.2) is 0 Å². The average Bonchev–Trinajstić information content (AvgIpc) is 3.03. The van der Waals surface area contributed by atoms with Crippen molar-refractivity contribution < 1.29 is 20.1 Å². The molecule has 0 saturated carbocycles. The van der Waals surface area contributed by atoms with Crippen molar-refractivity contribution in [2.45, 2.75) is 12.5 Å². The summed E-state index contributed by atoms with van der Waals surface area (Å²) in [4.78, 5) is 32.0. The number of benzene rings is 1. The molecule has 0 spiro atoms. The van der Waals surface area contributed by atoms with Crippen LogP contribution in [-0.4, -0.2) is 51.0 Å². The summed E-state index contributed by atoms with van der Waals surface area (Å²) < 4.78 is 0. The molecule has 0 radical (unpaired) electrons. The maximum atomic E-state index is 12.0. The number of hydrogen-bond donors (Lipinski definition) is 7. The van der Waals surface area contributed by atoms with Crippen molar-refractivity contribution in [1.29, 1.82) is 0 Å². The number of aromatic amines is 1. The van der Waals surface area contributed by atoms with Gasteiger partial charge in [0.15, 0.2) is 17.3 Å². The van der Waals surface area contributed by atoms with Gasteiger partial charge in [0, 0.05) is 19.5 Å². The molecule has 27 heavy (non-hydrogen) atoms. The summed E-state index contributed by atoms with van der Waals surface area (Å²) in [5, 5.41) is 34.3. The van der Waals surface area contributed by atoms with Crippen LogP contribution < -0.4 is 26.8 Å². The van der Waals surface area contributed by atoms with Crippen LogP contribution in [-0.2, 0) is 4.79 Å². The van der Waals surface area contributed by atoms with Gasteiger partial charge in [-0.3, -0.25) is 14.6 Å². The minimum atomic E-state index is -1.03. The number of rotatable bonds is 6. The minimum Gasteiger partial charge on any atom is -0.504 e. The average molecular weight is 376 g/mol. The highest BCUT2D eigenvalue weighted by atomic mass is 16.3. The third-order valence-electron chi connectivity index (χ3n) is 4.15. The summed E-state index contributed by atoms with van der Waals surface area (Å²) in [5.74, 6) is -0.549. The zero-order chi connectivity index (χ0) is 19.6. The van der Waals surface area contributed by atoms with E-state index in [1.165, 1.54) is 18.2 Å². The summed E-state index contributed by atoms with van der Waals surface area (Å²) in [6.07, 6.45) is -0.919. The van der Waals surface area contributed by atoms with Crippen LogP contribution >= 0.6 is 0 Å². The summed E-state index contributed by atoms with van der Waals surface area (Å²) in [5.41, 5.74) is 5.85. The number of carbonyl (C=O) groups is 1. The number of aliphatic hydroxyl groups is 1. The number of phenolic OH excluding ortho intramolecular Hbond substituents is 2. The van der Waals surface area contributed by atoms with E-state index in [1.54, 1.807) is 4.90 Å². The van der Waals surface area contributed by atoms with E-state index in [1.807, 2.05) is 0 Å². The molecule has 1 aromatic carbocycles. The first-order valence-electron chi connectivity index (χ1n) is 8.20. The fourth-order valence-electron chi connectivity index (χ4n) is 2.70. The molecule has 0 saturated heterocycles. The van der Waals surface area contributed by atoms with Crippen molar-refractivity contribution in [3.05, 3.63) is 34.1 Å². The van der Waals surface area contributed by atoms with Gasteiger partial charge in [-0.05, 0) is 17.7 Å². The van der Waals surface area contributed by atoms with Gasteiger partial charge in [-0.2, -0.15) is 4.98 Å². The number of aliphatic hydroxyl groups excluding tert-OH is 1. The quantitative estimate of drug-likeness (QED) is 0.318. The van der Waals surface area contributed by atoms with Crippen LogP contribution in [0.2, 0.25) is 0 Å². The monoisotopic (exact) mass is 376 g/mol. The van der Waals surface area contributed by atoms with Crippen molar-refractivity contribution in [3.63, 3.8) is 0 Å². The molecule has 1 aliphatic heterocycles. The molecule has 0 bridgehead atoms. The van der Waals surface area contributed by atoms with Crippen molar-refractivity contribution in [2.75, 3.05) is 35.7 Å². The van der Waals surface area contributed by atoms with Crippen LogP contribution in [0.15, 0.2) is 23.0 Å². The highest BCUT2D eigenvalue weighted by Gasteiger charge is 2.24. The normalized spacial score (nSPS) is 13.7. The van der Waals surface area contributed by atoms with E-state index >= 15 is 0 Å². The second-order valence-corrected chi connectivity index (χ2v) is 6.07. The largest absolute Gasteiger partial charge is 0.504 e. The Kier molecular flexibility index (Phi) is 5.03. The Bertz CT molecular complexity index is 915. The molecule has 2 heterocycles. The topological polar surface area (TPSA) is 177 Å². The summed E-state index contributed by atoms with van der Waals surface area (Å²) >= 11 is 0. The van der Waals surface area contributed by atoms with Gasteiger partial charge in [0.05, 0.1) is 12.8 Å². The highest BCUT2D eigenvalue weighted by Crippen LogP contribution is 2.28. The summed E-state index contributed by atoms with van der Waals surface area (Å²) in [6.45, 7) is 0.581. The Morgan fingerprint density at radius 2 is 2.15 bits per heavy atom. The van der Waals surface area contributed by atoms with Gasteiger partial charge in [0.1, 0.15) is 5.69 Å². The van der Waals surface area contributed by atoms with Crippen LogP contribution in [0.3, 0.4) is 0 Å². The number of nitrogens with zero attached hydrogens (tertiary/aromatic N) is 2. The van der Waals surface area contributed by atoms with E-state index in [9.17, 15) is 24.9 Å². The number of H-pyrrole nitrogens is 1. The van der Waals surface area contributed by atoms with E-state index in [2.05, 4.69) is 20.6 Å². The first kappa shape index (κ1) is 18.3. The van der Waals surface area contributed by atoms with Crippen LogP contribution in [0.25, 0.3) is 0 Å². The molecular formula is C16H20N6O5. The smallest absolute Gasteiger partial charge is 0.277 e. The van der Waals surface area contributed by atoms with Gasteiger partial charge in [-0.15, -0.1) is 0 Å². The molecule has 3 rings (SSSR count). The van der Waals surface area contributed by atoms with Crippen molar-refractivity contribution in [1.82, 2.24) is 15.3 Å². The first-order chi connectivity index (χ1) is 12.8. The number of nitrogens with one attached hydrogen (secondary N) is 3. The number of aromatic nitrogens is 2. The lowest BCUT2D eigenvalue weighted by molar-refractivity contribution is -0.121. The van der Waals surface area contributed by atoms with Crippen LogP contribution in [0, 0.1) is 0 Å². The molecule has 0 aliphatic carbocycles. The Hall–Kier alpha value is -3.47. The summed E-state index contributed by atoms with van der Waals surface area (Å²) in [6, 6.07) is 3.94. The Labute approximate surface area is 153 Å². The number of nitrogens with two attached hydrogens (primary N) is 1. The molecule has 0 fully saturated rings. The molecule has 1 unspecified atom stereocenters. The zero-order valence-electron chi connectivity index (χ0n) is 14.3. The predicted molar refractivity (Wildman–Crippen MR) is 97.5 cm³/mol. The molecule has 1 aromatic heterocycles. The number of anilines is 3. The molecular weight excluding hydrogens is 356 g/mol. The van der Waals surface area contributed by atoms with E-state index < -0.39 is 6.10 Å². The number of fused-ring (bicyclic) bond motifs is 1. The van der Waals surface area contributed by atoms with Crippen molar-refractivity contribution in [2.24, 2.45) is 0 Å². The van der Waals surface area contributed by atoms with Crippen LogP contribution in [0.4, 0.5) is 17.5 Å². The number of hydrogen-bond acceptors (Lipinski definition) is 9. The first-order valence-corrected chi connectivity index (χ1v) is 8.20. The van der Waals surface area contributed by atoms with Gasteiger partial charge in [0.25, 0.3) is 5.56 Å². The number of carbonyl (C=O) groups excluding carboxylic acids is 1. The van der Waals surface area contributed by atoms with E-state index in [-0.39, 0.29) is 41.9 Å². The Balaban J connectivity index is 1.51. The standard InChI is InChI=1S/C16H20N6O5/c17-16-20-14-13(15(27)21-16)19-7-22(14)4-3-12(26)18-6-11(25)8-1-2-9(23)10(24)5-8/h1-2,5,11,19,23-25H,3-4,6-7H2,(H,18,26)(H3,17,20,21,27). The maximum absolute atomic E-state index is 12.0. The van der Waals surface area contributed by atoms with E-state index in [0.29, 0.717) is 30.3 Å². The molecule has 11 nitrogen and oxygen atoms in total. The third-order valence-corrected chi connectivity index (χ3v) is 4.15. The molecule has 8 N–H and O–H groups in total. The van der Waals surface area contributed by atoms with Gasteiger partial charge in [-0.1, -0.05) is 6.07 Å². The lowest BCUT2D eigenvalue weighted by atomic mass is 10.1. The SMILES string of the molecule is Nc1nc2c(c(=O)[nH]1)NCN2CCC(=O)NCC(O)c1ccc(O)c(O)c1. The summed E-state index contributed by atoms with van der Waals surface area (Å²) in [7, 11) is 0. The second-order valence-electron chi connectivity index (χ2n) is 6.07. The number of nitrogen functional groups attached to an aromatic ring is 1. The molecule has 1 aliphatic rings. The van der Waals surface area contributed by atoms with Crippen LogP contribution in [0.1, 0.15) is 18.1 Å². The molecule has 11 heteroatoms.